The van der Waals surface area contributed by atoms with Gasteiger partial charge >= 0.3 is 0 Å². The number of hydrogen-bond donors (Lipinski definition) is 1. The predicted molar refractivity (Wildman–Crippen MR) is 123 cm³/mol. The number of imidazole rings is 1. The minimum absolute atomic E-state index is 0.0239. The Morgan fingerprint density at radius 1 is 0.935 bits per heavy atom. The molecule has 0 aliphatic heterocycles. The topological polar surface area (TPSA) is 56.2 Å². The number of benzene rings is 3. The van der Waals surface area contributed by atoms with Crippen molar-refractivity contribution in [3.05, 3.63) is 94.8 Å². The van der Waals surface area contributed by atoms with Crippen LogP contribution in [-0.2, 0) is 17.9 Å². The average Bonchev–Trinajstić information content (AvgIpc) is 3.11. The van der Waals surface area contributed by atoms with Crippen molar-refractivity contribution in [2.45, 2.75) is 33.9 Å². The highest BCUT2D eigenvalue weighted by Crippen LogP contribution is 2.22. The third-order valence-corrected chi connectivity index (χ3v) is 5.39. The SMILES string of the molecule is Cc1ccc(Cn2c(CNC(=O)COc3c(C)cccc3C)nc3ccccc32)cc1. The molecule has 31 heavy (non-hydrogen) atoms. The van der Waals surface area contributed by atoms with Crippen molar-refractivity contribution in [3.8, 4) is 5.75 Å². The highest BCUT2D eigenvalue weighted by Gasteiger charge is 2.13. The molecule has 4 aromatic rings. The summed E-state index contributed by atoms with van der Waals surface area (Å²) in [6, 6.07) is 22.5. The molecule has 0 aliphatic rings. The molecule has 1 heterocycles. The summed E-state index contributed by atoms with van der Waals surface area (Å²) in [4.78, 5) is 17.2. The summed E-state index contributed by atoms with van der Waals surface area (Å²) >= 11 is 0. The zero-order chi connectivity index (χ0) is 21.8. The molecular formula is C26H27N3O2. The third-order valence-electron chi connectivity index (χ3n) is 5.39. The van der Waals surface area contributed by atoms with Crippen molar-refractivity contribution in [3.63, 3.8) is 0 Å². The van der Waals surface area contributed by atoms with Gasteiger partial charge in [0.25, 0.3) is 5.91 Å². The van der Waals surface area contributed by atoms with Crippen LogP contribution >= 0.6 is 0 Å². The van der Waals surface area contributed by atoms with Gasteiger partial charge in [-0.25, -0.2) is 4.98 Å². The second kappa shape index (κ2) is 9.04. The van der Waals surface area contributed by atoms with E-state index in [4.69, 9.17) is 9.72 Å². The molecule has 0 unspecified atom stereocenters. The lowest BCUT2D eigenvalue weighted by Crippen LogP contribution is -2.30. The van der Waals surface area contributed by atoms with E-state index >= 15 is 0 Å². The molecule has 0 fully saturated rings. The van der Waals surface area contributed by atoms with Crippen LogP contribution in [0.15, 0.2) is 66.7 Å². The van der Waals surface area contributed by atoms with Gasteiger partial charge in [0.15, 0.2) is 6.61 Å². The Bertz CT molecular complexity index is 1190. The number of fused-ring (bicyclic) bond motifs is 1. The van der Waals surface area contributed by atoms with Gasteiger partial charge in [0.1, 0.15) is 11.6 Å². The average molecular weight is 414 g/mol. The van der Waals surface area contributed by atoms with Gasteiger partial charge in [0.2, 0.25) is 0 Å². The number of para-hydroxylation sites is 3. The van der Waals surface area contributed by atoms with E-state index in [2.05, 4.69) is 47.1 Å². The second-order valence-corrected chi connectivity index (χ2v) is 7.87. The summed E-state index contributed by atoms with van der Waals surface area (Å²) in [5.74, 6) is 1.42. The van der Waals surface area contributed by atoms with Crippen molar-refractivity contribution in [2.75, 3.05) is 6.61 Å². The van der Waals surface area contributed by atoms with E-state index in [1.165, 1.54) is 11.1 Å². The van der Waals surface area contributed by atoms with Gasteiger partial charge in [0, 0.05) is 6.54 Å². The van der Waals surface area contributed by atoms with Crippen LogP contribution in [0.4, 0.5) is 0 Å². The van der Waals surface area contributed by atoms with Crippen LogP contribution < -0.4 is 10.1 Å². The molecule has 5 nitrogen and oxygen atoms in total. The minimum atomic E-state index is -0.170. The van der Waals surface area contributed by atoms with Crippen LogP contribution in [0.5, 0.6) is 5.75 Å². The van der Waals surface area contributed by atoms with Gasteiger partial charge in [0.05, 0.1) is 17.6 Å². The lowest BCUT2D eigenvalue weighted by atomic mass is 10.1. The molecule has 0 atom stereocenters. The fraction of sp³-hybridized carbons (Fsp3) is 0.231. The lowest BCUT2D eigenvalue weighted by Gasteiger charge is -2.13. The van der Waals surface area contributed by atoms with Crippen molar-refractivity contribution in [1.29, 1.82) is 0 Å². The maximum Gasteiger partial charge on any atom is 0.258 e. The summed E-state index contributed by atoms with van der Waals surface area (Å²) in [7, 11) is 0. The van der Waals surface area contributed by atoms with Crippen molar-refractivity contribution < 1.29 is 9.53 Å². The molecule has 158 valence electrons. The Labute approximate surface area is 182 Å². The summed E-state index contributed by atoms with van der Waals surface area (Å²) in [6.45, 7) is 7.06. The number of carbonyl (C=O) groups excluding carboxylic acids is 1. The molecule has 1 N–H and O–H groups in total. The first kappa shape index (κ1) is 20.7. The first-order valence-corrected chi connectivity index (χ1v) is 10.5. The summed E-state index contributed by atoms with van der Waals surface area (Å²) in [5, 5.41) is 2.96. The standard InChI is InChI=1S/C26H27N3O2/c1-18-11-13-21(14-12-18)16-29-23-10-5-4-9-22(23)28-24(29)15-27-25(30)17-31-26-19(2)7-6-8-20(26)3/h4-14H,15-17H2,1-3H3,(H,27,30). The number of nitrogens with one attached hydrogen (secondary N) is 1. The fourth-order valence-corrected chi connectivity index (χ4v) is 3.71. The van der Waals surface area contributed by atoms with Gasteiger partial charge in [-0.05, 0) is 49.6 Å². The molecule has 0 saturated heterocycles. The van der Waals surface area contributed by atoms with Crippen LogP contribution in [0.25, 0.3) is 11.0 Å². The molecule has 0 aliphatic carbocycles. The smallest absolute Gasteiger partial charge is 0.258 e. The van der Waals surface area contributed by atoms with E-state index in [9.17, 15) is 4.79 Å². The van der Waals surface area contributed by atoms with E-state index in [-0.39, 0.29) is 12.5 Å². The quantitative estimate of drug-likeness (QED) is 0.478. The Balaban J connectivity index is 1.47. The van der Waals surface area contributed by atoms with Gasteiger partial charge in [-0.3, -0.25) is 4.79 Å². The molecule has 0 bridgehead atoms. The van der Waals surface area contributed by atoms with Crippen LogP contribution in [-0.4, -0.2) is 22.1 Å². The Morgan fingerprint density at radius 3 is 2.39 bits per heavy atom. The van der Waals surface area contributed by atoms with E-state index in [1.54, 1.807) is 0 Å². The largest absolute Gasteiger partial charge is 0.483 e. The number of ether oxygens (including phenoxy) is 1. The molecule has 0 spiro atoms. The Hall–Kier alpha value is -3.60. The summed E-state index contributed by atoms with van der Waals surface area (Å²) < 4.78 is 7.93. The molecule has 0 radical (unpaired) electrons. The normalized spacial score (nSPS) is 10.9. The van der Waals surface area contributed by atoms with E-state index in [0.717, 1.165) is 33.7 Å². The maximum atomic E-state index is 12.5. The van der Waals surface area contributed by atoms with E-state index in [0.29, 0.717) is 13.1 Å². The first-order valence-electron chi connectivity index (χ1n) is 10.5. The number of aromatic nitrogens is 2. The fourth-order valence-electron chi connectivity index (χ4n) is 3.71. The lowest BCUT2D eigenvalue weighted by molar-refractivity contribution is -0.123. The van der Waals surface area contributed by atoms with Gasteiger partial charge in [-0.15, -0.1) is 0 Å². The monoisotopic (exact) mass is 413 g/mol. The van der Waals surface area contributed by atoms with E-state index in [1.807, 2.05) is 50.2 Å². The molecule has 4 rings (SSSR count). The zero-order valence-corrected chi connectivity index (χ0v) is 18.2. The van der Waals surface area contributed by atoms with Gasteiger partial charge in [-0.2, -0.15) is 0 Å². The molecule has 5 heteroatoms. The highest BCUT2D eigenvalue weighted by atomic mass is 16.5. The van der Waals surface area contributed by atoms with E-state index < -0.39 is 0 Å². The zero-order valence-electron chi connectivity index (χ0n) is 18.2. The molecule has 0 saturated carbocycles. The van der Waals surface area contributed by atoms with Crippen LogP contribution in [0, 0.1) is 20.8 Å². The first-order chi connectivity index (χ1) is 15.0. The number of hydrogen-bond acceptors (Lipinski definition) is 3. The maximum absolute atomic E-state index is 12.5. The molecular weight excluding hydrogens is 386 g/mol. The highest BCUT2D eigenvalue weighted by molar-refractivity contribution is 5.78. The molecule has 1 aromatic heterocycles. The predicted octanol–water partition coefficient (Wildman–Crippen LogP) is 4.71. The third kappa shape index (κ3) is 4.77. The summed E-state index contributed by atoms with van der Waals surface area (Å²) in [6.07, 6.45) is 0. The number of aryl methyl sites for hydroxylation is 3. The van der Waals surface area contributed by atoms with Gasteiger partial charge in [-0.1, -0.05) is 60.2 Å². The van der Waals surface area contributed by atoms with Crippen LogP contribution in [0.1, 0.15) is 28.1 Å². The summed E-state index contributed by atoms with van der Waals surface area (Å²) in [5.41, 5.74) is 6.44. The van der Waals surface area contributed by atoms with Gasteiger partial charge < -0.3 is 14.6 Å². The number of rotatable bonds is 7. The number of carbonyl (C=O) groups is 1. The molecule has 1 amide bonds. The van der Waals surface area contributed by atoms with Crippen molar-refractivity contribution in [2.24, 2.45) is 0 Å². The Kier molecular flexibility index (Phi) is 6.03. The minimum Gasteiger partial charge on any atom is -0.483 e. The molecule has 3 aromatic carbocycles. The van der Waals surface area contributed by atoms with Crippen molar-refractivity contribution >= 4 is 16.9 Å². The second-order valence-electron chi connectivity index (χ2n) is 7.87. The van der Waals surface area contributed by atoms with Crippen LogP contribution in [0.2, 0.25) is 0 Å². The Morgan fingerprint density at radius 2 is 1.65 bits per heavy atom. The van der Waals surface area contributed by atoms with Crippen LogP contribution in [0.3, 0.4) is 0 Å². The number of nitrogens with zero attached hydrogens (tertiary/aromatic N) is 2. The van der Waals surface area contributed by atoms with Crippen molar-refractivity contribution in [1.82, 2.24) is 14.9 Å². The number of amides is 1.